The number of unbranched alkanes of at least 4 members (excludes halogenated alkanes) is 3. The molecule has 0 aliphatic rings. The zero-order chi connectivity index (χ0) is 13.0. The average Bonchev–Trinajstić information content (AvgIpc) is 2.37. The topological polar surface area (TPSA) is 0 Å². The first-order chi connectivity index (χ1) is 8.24. The van der Waals surface area contributed by atoms with Crippen LogP contribution in [-0.2, 0) is 0 Å². The summed E-state index contributed by atoms with van der Waals surface area (Å²) >= 11 is 0. The van der Waals surface area contributed by atoms with E-state index < -0.39 is 7.26 Å². The fourth-order valence-corrected chi connectivity index (χ4v) is 7.74. The Hall–Kier alpha value is 0.170. The van der Waals surface area contributed by atoms with Gasteiger partial charge >= 0.3 is 110 Å². The van der Waals surface area contributed by atoms with Crippen LogP contribution in [-0.4, -0.2) is 18.5 Å². The number of allylic oxidation sites excluding steroid dienone is 1. The second-order valence-corrected chi connectivity index (χ2v) is 10.0. The summed E-state index contributed by atoms with van der Waals surface area (Å²) in [4.78, 5) is 0. The van der Waals surface area contributed by atoms with E-state index in [-0.39, 0.29) is 0 Å². The summed E-state index contributed by atoms with van der Waals surface area (Å²) in [6, 6.07) is 0. The molecule has 0 N–H and O–H groups in total. The molecule has 0 rings (SSSR count). The summed E-state index contributed by atoms with van der Waals surface area (Å²) < 4.78 is 0. The number of rotatable bonds is 11. The Labute approximate surface area is 111 Å². The summed E-state index contributed by atoms with van der Waals surface area (Å²) in [6.07, 6.45) is 16.8. The summed E-state index contributed by atoms with van der Waals surface area (Å²) in [6.45, 7) is 9.28. The first-order valence-corrected chi connectivity index (χ1v) is 10.6. The van der Waals surface area contributed by atoms with Crippen LogP contribution in [0.5, 0.6) is 0 Å². The summed E-state index contributed by atoms with van der Waals surface area (Å²) in [7, 11) is -1.06. The normalized spacial score (nSPS) is 13.4. The van der Waals surface area contributed by atoms with Crippen LogP contribution in [0.15, 0.2) is 11.9 Å². The van der Waals surface area contributed by atoms with E-state index in [0.29, 0.717) is 0 Å². The molecule has 0 atom stereocenters. The number of hydrogen-bond donors (Lipinski definition) is 0. The van der Waals surface area contributed by atoms with Crippen molar-refractivity contribution in [3.05, 3.63) is 11.9 Å². The fourth-order valence-electron chi connectivity index (χ4n) is 2.58. The fraction of sp³-hybridized carbons (Fsp3) is 0.875. The van der Waals surface area contributed by atoms with Gasteiger partial charge in [-0.05, 0) is 0 Å². The van der Waals surface area contributed by atoms with E-state index in [1.54, 1.807) is 18.5 Å². The van der Waals surface area contributed by atoms with Crippen molar-refractivity contribution in [2.24, 2.45) is 0 Å². The molecule has 0 aromatic carbocycles. The van der Waals surface area contributed by atoms with Gasteiger partial charge in [-0.2, -0.15) is 0 Å². The first kappa shape index (κ1) is 17.2. The van der Waals surface area contributed by atoms with E-state index in [9.17, 15) is 0 Å². The molecular formula is C16H35P. The molecule has 1 heteroatoms. The average molecular weight is 258 g/mol. The van der Waals surface area contributed by atoms with Gasteiger partial charge in [0.2, 0.25) is 0 Å². The van der Waals surface area contributed by atoms with Crippen molar-refractivity contribution >= 4 is 7.26 Å². The van der Waals surface area contributed by atoms with Gasteiger partial charge in [0.05, 0.1) is 0 Å². The second kappa shape index (κ2) is 11.3. The van der Waals surface area contributed by atoms with Crippen LogP contribution < -0.4 is 0 Å². The predicted octanol–water partition coefficient (Wildman–Crippen LogP) is 6.06. The molecule has 0 bridgehead atoms. The summed E-state index contributed by atoms with van der Waals surface area (Å²) in [5.41, 5.74) is 0. The van der Waals surface area contributed by atoms with Gasteiger partial charge in [-0.1, -0.05) is 0 Å². The quantitative estimate of drug-likeness (QED) is 0.395. The van der Waals surface area contributed by atoms with Crippen molar-refractivity contribution in [1.82, 2.24) is 0 Å². The predicted molar refractivity (Wildman–Crippen MR) is 87.1 cm³/mol. The van der Waals surface area contributed by atoms with E-state index in [4.69, 9.17) is 0 Å². The first-order valence-electron chi connectivity index (χ1n) is 7.92. The van der Waals surface area contributed by atoms with Gasteiger partial charge in [0.25, 0.3) is 0 Å². The van der Waals surface area contributed by atoms with Crippen molar-refractivity contribution in [2.45, 2.75) is 72.6 Å². The van der Waals surface area contributed by atoms with Crippen LogP contribution in [0.2, 0.25) is 0 Å². The third-order valence-corrected chi connectivity index (χ3v) is 8.78. The second-order valence-electron chi connectivity index (χ2n) is 5.48. The van der Waals surface area contributed by atoms with Gasteiger partial charge < -0.3 is 0 Å². The third kappa shape index (κ3) is 7.98. The molecule has 0 amide bonds. The van der Waals surface area contributed by atoms with Crippen LogP contribution in [0.1, 0.15) is 72.6 Å². The van der Waals surface area contributed by atoms with Crippen molar-refractivity contribution in [1.29, 1.82) is 0 Å². The Morgan fingerprint density at radius 2 is 1.12 bits per heavy atom. The standard InChI is InChI=1S/C16H35P/c1-5-9-13-17(14-10-6-2,15-11-7-3)16-12-8-4/h9,13,17H,5-8,10-12,14-16H2,1-4H3. The Bertz CT molecular complexity index is 162. The van der Waals surface area contributed by atoms with Gasteiger partial charge in [-0.15, -0.1) is 0 Å². The van der Waals surface area contributed by atoms with Crippen LogP contribution in [0.25, 0.3) is 0 Å². The van der Waals surface area contributed by atoms with Gasteiger partial charge in [-0.25, -0.2) is 0 Å². The molecule has 0 aromatic rings. The molecule has 0 nitrogen and oxygen atoms in total. The third-order valence-electron chi connectivity index (χ3n) is 3.79. The Morgan fingerprint density at radius 3 is 1.41 bits per heavy atom. The van der Waals surface area contributed by atoms with Crippen LogP contribution in [0.4, 0.5) is 0 Å². The van der Waals surface area contributed by atoms with Gasteiger partial charge in [0, 0.05) is 0 Å². The summed E-state index contributed by atoms with van der Waals surface area (Å²) in [5.74, 6) is 2.70. The minimum atomic E-state index is -1.06. The molecule has 0 aliphatic heterocycles. The molecule has 0 heterocycles. The monoisotopic (exact) mass is 258 g/mol. The van der Waals surface area contributed by atoms with E-state index in [1.165, 1.54) is 44.9 Å². The van der Waals surface area contributed by atoms with E-state index in [0.717, 1.165) is 0 Å². The van der Waals surface area contributed by atoms with Crippen molar-refractivity contribution in [3.63, 3.8) is 0 Å². The van der Waals surface area contributed by atoms with E-state index in [1.807, 2.05) is 0 Å². The molecule has 0 radical (unpaired) electrons. The molecule has 0 fully saturated rings. The molecule has 0 aliphatic carbocycles. The molecule has 104 valence electrons. The Balaban J connectivity index is 4.57. The van der Waals surface area contributed by atoms with Crippen LogP contribution in [0.3, 0.4) is 0 Å². The molecule has 0 saturated carbocycles. The van der Waals surface area contributed by atoms with Crippen molar-refractivity contribution in [3.8, 4) is 0 Å². The molecule has 0 unspecified atom stereocenters. The van der Waals surface area contributed by atoms with Gasteiger partial charge in [0.1, 0.15) is 0 Å². The Kier molecular flexibility index (Phi) is 11.4. The maximum atomic E-state index is 2.70. The van der Waals surface area contributed by atoms with E-state index >= 15 is 0 Å². The van der Waals surface area contributed by atoms with E-state index in [2.05, 4.69) is 39.6 Å². The van der Waals surface area contributed by atoms with Crippen molar-refractivity contribution < 1.29 is 0 Å². The minimum absolute atomic E-state index is 1.06. The molecule has 0 saturated heterocycles. The zero-order valence-electron chi connectivity index (χ0n) is 12.7. The molecular weight excluding hydrogens is 223 g/mol. The molecule has 0 spiro atoms. The molecule has 17 heavy (non-hydrogen) atoms. The Morgan fingerprint density at radius 1 is 0.706 bits per heavy atom. The van der Waals surface area contributed by atoms with Crippen molar-refractivity contribution in [2.75, 3.05) is 18.5 Å². The van der Waals surface area contributed by atoms with Gasteiger partial charge in [-0.3, -0.25) is 0 Å². The van der Waals surface area contributed by atoms with Gasteiger partial charge in [0.15, 0.2) is 0 Å². The molecule has 0 aromatic heterocycles. The SMILES string of the molecule is CCC=C[PH](CCCC)(CCCC)CCCC. The number of hydrogen-bond acceptors (Lipinski definition) is 0. The van der Waals surface area contributed by atoms with Crippen LogP contribution >= 0.6 is 7.26 Å². The summed E-state index contributed by atoms with van der Waals surface area (Å²) in [5, 5.41) is 0. The zero-order valence-corrected chi connectivity index (χ0v) is 13.7. The van der Waals surface area contributed by atoms with Crippen LogP contribution in [0, 0.1) is 0 Å². The maximum absolute atomic E-state index is 2.70.